The lowest BCUT2D eigenvalue weighted by molar-refractivity contribution is 0.177. The fourth-order valence-corrected chi connectivity index (χ4v) is 3.34. The summed E-state index contributed by atoms with van der Waals surface area (Å²) in [5.41, 5.74) is 2.23. The van der Waals surface area contributed by atoms with Gasteiger partial charge in [-0.2, -0.15) is 4.98 Å². The van der Waals surface area contributed by atoms with Crippen LogP contribution in [0.3, 0.4) is 0 Å². The lowest BCUT2D eigenvalue weighted by Gasteiger charge is -2.23. The largest absolute Gasteiger partial charge is 0.447 e. The highest BCUT2D eigenvalue weighted by molar-refractivity contribution is 5.89. The fourth-order valence-electron chi connectivity index (χ4n) is 3.34. The number of anilines is 2. The number of ether oxygens (including phenoxy) is 1. The topological polar surface area (TPSA) is 116 Å². The normalized spacial score (nSPS) is 17.9. The van der Waals surface area contributed by atoms with Crippen molar-refractivity contribution >= 4 is 28.9 Å². The van der Waals surface area contributed by atoms with Gasteiger partial charge in [0.2, 0.25) is 5.95 Å². The number of imidazole rings is 1. The van der Waals surface area contributed by atoms with E-state index in [0.717, 1.165) is 16.6 Å². The second kappa shape index (κ2) is 6.99. The van der Waals surface area contributed by atoms with Crippen molar-refractivity contribution in [1.82, 2.24) is 19.9 Å². The highest BCUT2D eigenvalue weighted by Crippen LogP contribution is 2.27. The van der Waals surface area contributed by atoms with Crippen molar-refractivity contribution in [3.63, 3.8) is 0 Å². The summed E-state index contributed by atoms with van der Waals surface area (Å²) in [6.07, 6.45) is 1.23. The van der Waals surface area contributed by atoms with Gasteiger partial charge in [-0.15, -0.1) is 0 Å². The zero-order valence-electron chi connectivity index (χ0n) is 15.9. The number of nitrogens with zero attached hydrogens (tertiary/aromatic N) is 3. The molecule has 3 N–H and O–H groups in total. The Morgan fingerprint density at radius 2 is 1.96 bits per heavy atom. The standard InChI is InChI=1S/C19H22N6O3/c1-10(2)15-9-28-19(27)25(15)16-6-7-20-17(24-16)21-11(3)12-4-5-13-14(8-12)23-18(26)22-13/h4-8,10-11,15H,9H2,1-3H3,(H,20,21,24)(H2,22,23,26). The summed E-state index contributed by atoms with van der Waals surface area (Å²) in [6, 6.07) is 7.23. The molecule has 2 unspecified atom stereocenters. The number of hydrogen-bond acceptors (Lipinski definition) is 6. The Kier molecular flexibility index (Phi) is 4.50. The number of aromatic nitrogens is 4. The molecular formula is C19H22N6O3. The van der Waals surface area contributed by atoms with E-state index in [2.05, 4.69) is 25.3 Å². The quantitative estimate of drug-likeness (QED) is 0.625. The molecule has 1 aromatic carbocycles. The fraction of sp³-hybridized carbons (Fsp3) is 0.368. The third-order valence-corrected chi connectivity index (χ3v) is 4.95. The number of cyclic esters (lactones) is 1. The van der Waals surface area contributed by atoms with Crippen LogP contribution in [0, 0.1) is 5.92 Å². The van der Waals surface area contributed by atoms with Crippen LogP contribution in [0.2, 0.25) is 0 Å². The summed E-state index contributed by atoms with van der Waals surface area (Å²) >= 11 is 0. The number of fused-ring (bicyclic) bond motifs is 1. The maximum atomic E-state index is 12.2. The van der Waals surface area contributed by atoms with E-state index < -0.39 is 6.09 Å². The monoisotopic (exact) mass is 382 g/mol. The number of nitrogens with one attached hydrogen (secondary N) is 3. The SMILES string of the molecule is CC(Nc1nccc(N2C(=O)OCC2C(C)C)n1)c1ccc2[nH]c(=O)[nH]c2c1. The highest BCUT2D eigenvalue weighted by atomic mass is 16.6. The zero-order chi connectivity index (χ0) is 19.8. The molecule has 3 heterocycles. The van der Waals surface area contributed by atoms with Gasteiger partial charge >= 0.3 is 11.8 Å². The average Bonchev–Trinajstić information content (AvgIpc) is 3.22. The lowest BCUT2D eigenvalue weighted by Crippen LogP contribution is -2.37. The molecule has 9 nitrogen and oxygen atoms in total. The summed E-state index contributed by atoms with van der Waals surface area (Å²) < 4.78 is 5.20. The number of carbonyl (C=O) groups is 1. The minimum absolute atomic E-state index is 0.0551. The van der Waals surface area contributed by atoms with Crippen molar-refractivity contribution in [3.8, 4) is 0 Å². The molecule has 0 saturated carbocycles. The van der Waals surface area contributed by atoms with Crippen LogP contribution in [-0.4, -0.2) is 38.7 Å². The molecule has 0 bridgehead atoms. The van der Waals surface area contributed by atoms with Crippen LogP contribution < -0.4 is 15.9 Å². The molecule has 9 heteroatoms. The van der Waals surface area contributed by atoms with Crippen LogP contribution in [0.4, 0.5) is 16.6 Å². The van der Waals surface area contributed by atoms with Crippen LogP contribution >= 0.6 is 0 Å². The molecule has 1 amide bonds. The molecule has 146 valence electrons. The van der Waals surface area contributed by atoms with Crippen molar-refractivity contribution in [2.24, 2.45) is 5.92 Å². The third-order valence-electron chi connectivity index (χ3n) is 4.95. The Hall–Kier alpha value is -3.36. The summed E-state index contributed by atoms with van der Waals surface area (Å²) in [4.78, 5) is 39.4. The molecule has 0 aliphatic carbocycles. The van der Waals surface area contributed by atoms with Gasteiger partial charge in [-0.1, -0.05) is 19.9 Å². The minimum atomic E-state index is -0.390. The number of rotatable bonds is 5. The second-order valence-corrected chi connectivity index (χ2v) is 7.25. The van der Waals surface area contributed by atoms with Gasteiger partial charge in [0.05, 0.1) is 23.1 Å². The molecule has 28 heavy (non-hydrogen) atoms. The van der Waals surface area contributed by atoms with E-state index in [1.165, 1.54) is 0 Å². The summed E-state index contributed by atoms with van der Waals surface area (Å²) in [6.45, 7) is 6.42. The Balaban J connectivity index is 1.57. The molecule has 1 aliphatic rings. The van der Waals surface area contributed by atoms with Gasteiger partial charge in [-0.05, 0) is 36.6 Å². The maximum Gasteiger partial charge on any atom is 0.415 e. The van der Waals surface area contributed by atoms with Gasteiger partial charge in [0, 0.05) is 6.20 Å². The number of carbonyl (C=O) groups excluding carboxylic acids is 1. The Bertz CT molecular complexity index is 1070. The zero-order valence-corrected chi connectivity index (χ0v) is 15.9. The molecule has 2 atom stereocenters. The maximum absolute atomic E-state index is 12.2. The molecular weight excluding hydrogens is 360 g/mol. The molecule has 0 spiro atoms. The van der Waals surface area contributed by atoms with E-state index in [1.54, 1.807) is 17.2 Å². The molecule has 4 rings (SSSR count). The van der Waals surface area contributed by atoms with Crippen molar-refractivity contribution in [2.75, 3.05) is 16.8 Å². The number of hydrogen-bond donors (Lipinski definition) is 3. The molecule has 0 radical (unpaired) electrons. The average molecular weight is 382 g/mol. The third kappa shape index (κ3) is 3.30. The first-order valence-electron chi connectivity index (χ1n) is 9.20. The molecule has 1 aliphatic heterocycles. The first-order valence-corrected chi connectivity index (χ1v) is 9.20. The predicted molar refractivity (Wildman–Crippen MR) is 105 cm³/mol. The van der Waals surface area contributed by atoms with E-state index in [9.17, 15) is 9.59 Å². The lowest BCUT2D eigenvalue weighted by atomic mass is 10.0. The van der Waals surface area contributed by atoms with Gasteiger partial charge < -0.3 is 20.0 Å². The minimum Gasteiger partial charge on any atom is -0.447 e. The summed E-state index contributed by atoms with van der Waals surface area (Å²) in [5.74, 6) is 1.16. The smallest absolute Gasteiger partial charge is 0.415 e. The van der Waals surface area contributed by atoms with E-state index in [-0.39, 0.29) is 23.7 Å². The van der Waals surface area contributed by atoms with Crippen LogP contribution in [0.5, 0.6) is 0 Å². The number of aromatic amines is 2. The van der Waals surface area contributed by atoms with Gasteiger partial charge in [0.25, 0.3) is 0 Å². The van der Waals surface area contributed by atoms with Gasteiger partial charge in [0.1, 0.15) is 12.4 Å². The van der Waals surface area contributed by atoms with Gasteiger partial charge in [-0.25, -0.2) is 14.6 Å². The molecule has 3 aromatic rings. The van der Waals surface area contributed by atoms with Crippen molar-refractivity contribution in [1.29, 1.82) is 0 Å². The van der Waals surface area contributed by atoms with Crippen LogP contribution in [0.15, 0.2) is 35.3 Å². The summed E-state index contributed by atoms with van der Waals surface area (Å²) in [7, 11) is 0. The number of amides is 1. The van der Waals surface area contributed by atoms with Crippen molar-refractivity contribution < 1.29 is 9.53 Å². The molecule has 2 aromatic heterocycles. The van der Waals surface area contributed by atoms with Gasteiger partial charge in [0.15, 0.2) is 0 Å². The second-order valence-electron chi connectivity index (χ2n) is 7.25. The molecule has 1 saturated heterocycles. The van der Waals surface area contributed by atoms with E-state index in [4.69, 9.17) is 4.74 Å². The molecule has 1 fully saturated rings. The van der Waals surface area contributed by atoms with E-state index in [0.29, 0.717) is 18.4 Å². The first kappa shape index (κ1) is 18.0. The van der Waals surface area contributed by atoms with Gasteiger partial charge in [-0.3, -0.25) is 4.90 Å². The van der Waals surface area contributed by atoms with Crippen LogP contribution in [-0.2, 0) is 4.74 Å². The Morgan fingerprint density at radius 1 is 1.18 bits per heavy atom. The highest BCUT2D eigenvalue weighted by Gasteiger charge is 2.37. The summed E-state index contributed by atoms with van der Waals surface area (Å²) in [5, 5.41) is 3.25. The van der Waals surface area contributed by atoms with E-state index >= 15 is 0 Å². The first-order chi connectivity index (χ1) is 13.4. The van der Waals surface area contributed by atoms with Crippen molar-refractivity contribution in [2.45, 2.75) is 32.9 Å². The van der Waals surface area contributed by atoms with E-state index in [1.807, 2.05) is 39.0 Å². The predicted octanol–water partition coefficient (Wildman–Crippen LogP) is 2.80. The number of benzene rings is 1. The van der Waals surface area contributed by atoms with Crippen LogP contribution in [0.25, 0.3) is 11.0 Å². The Morgan fingerprint density at radius 3 is 2.75 bits per heavy atom. The van der Waals surface area contributed by atoms with Crippen molar-refractivity contribution in [3.05, 3.63) is 46.5 Å². The number of H-pyrrole nitrogens is 2. The Labute approximate surface area is 161 Å². The van der Waals surface area contributed by atoms with Crippen LogP contribution in [0.1, 0.15) is 32.4 Å².